The van der Waals surface area contributed by atoms with Gasteiger partial charge in [0.15, 0.2) is 5.13 Å². The molecule has 3 aromatic rings. The zero-order chi connectivity index (χ0) is 21.3. The average Bonchev–Trinajstić information content (AvgIpc) is 3.14. The molecular weight excluding hydrogens is 414 g/mol. The monoisotopic (exact) mass is 435 g/mol. The summed E-state index contributed by atoms with van der Waals surface area (Å²) in [6.07, 6.45) is 0. The Hall–Kier alpha value is -2.63. The molecule has 3 rings (SSSR count). The molecule has 2 N–H and O–H groups in total. The van der Waals surface area contributed by atoms with Crippen LogP contribution in [-0.2, 0) is 11.3 Å². The van der Waals surface area contributed by atoms with Crippen LogP contribution in [0.2, 0.25) is 0 Å². The van der Waals surface area contributed by atoms with Crippen molar-refractivity contribution in [3.05, 3.63) is 37.2 Å². The molecule has 0 fully saturated rings. The molecule has 0 radical (unpaired) electrons. The quantitative estimate of drug-likeness (QED) is 0.571. The molecule has 0 unspecified atom stereocenters. The van der Waals surface area contributed by atoms with Crippen LogP contribution in [-0.4, -0.2) is 52.4 Å². The lowest BCUT2D eigenvalue weighted by molar-refractivity contribution is 0.0531. The molecule has 3 heterocycles. The van der Waals surface area contributed by atoms with Crippen LogP contribution in [0, 0.1) is 13.8 Å². The van der Waals surface area contributed by atoms with Gasteiger partial charge in [0.1, 0.15) is 15.5 Å². The molecule has 0 spiro atoms. The molecule has 0 aliphatic carbocycles. The maximum absolute atomic E-state index is 12.8. The van der Waals surface area contributed by atoms with Crippen LogP contribution in [0.3, 0.4) is 0 Å². The molecule has 0 aliphatic rings. The van der Waals surface area contributed by atoms with Gasteiger partial charge in [-0.15, -0.1) is 11.3 Å². The van der Waals surface area contributed by atoms with Crippen LogP contribution in [0.15, 0.2) is 4.79 Å². The number of aromatic amines is 1. The first-order valence-electron chi connectivity index (χ1n) is 8.84. The number of nitrogens with zero attached hydrogens (tertiary/aromatic N) is 3. The fourth-order valence-electron chi connectivity index (χ4n) is 2.77. The zero-order valence-corrected chi connectivity index (χ0v) is 18.3. The Morgan fingerprint density at radius 3 is 2.55 bits per heavy atom. The molecule has 0 aromatic carbocycles. The summed E-state index contributed by atoms with van der Waals surface area (Å²) < 4.78 is 4.99. The van der Waals surface area contributed by atoms with E-state index in [1.807, 2.05) is 19.0 Å². The van der Waals surface area contributed by atoms with Gasteiger partial charge in [0, 0.05) is 0 Å². The Morgan fingerprint density at radius 1 is 1.17 bits per heavy atom. The van der Waals surface area contributed by atoms with Crippen LogP contribution >= 0.6 is 22.7 Å². The molecule has 0 saturated carbocycles. The summed E-state index contributed by atoms with van der Waals surface area (Å²) in [5.41, 5.74) is 0.782. The molecule has 1 amide bonds. The number of thiazole rings is 1. The fraction of sp³-hybridized carbons (Fsp3) is 0.389. The van der Waals surface area contributed by atoms with Crippen molar-refractivity contribution in [2.24, 2.45) is 0 Å². The lowest BCUT2D eigenvalue weighted by Crippen LogP contribution is -2.18. The number of thiophene rings is 1. The van der Waals surface area contributed by atoms with Crippen molar-refractivity contribution in [1.29, 1.82) is 0 Å². The van der Waals surface area contributed by atoms with Gasteiger partial charge in [0.2, 0.25) is 0 Å². The highest BCUT2D eigenvalue weighted by atomic mass is 32.1. The maximum atomic E-state index is 12.8. The van der Waals surface area contributed by atoms with Crippen LogP contribution in [0.1, 0.15) is 43.3 Å². The molecule has 0 atom stereocenters. The molecule has 3 aromatic heterocycles. The second kappa shape index (κ2) is 8.39. The third kappa shape index (κ3) is 4.36. The maximum Gasteiger partial charge on any atom is 0.350 e. The second-order valence-electron chi connectivity index (χ2n) is 6.59. The molecule has 9 nitrogen and oxygen atoms in total. The standard InChI is InChI=1S/C18H21N5O4S2/c1-6-27-17(26)13-9(3)19-18(29-13)22-15(25)12-8(2)11-14(24)20-10(7-23(4)5)21-16(11)28-12/h6-7H2,1-5H3,(H,19,22,25)(H,20,21,24). The third-order valence-electron chi connectivity index (χ3n) is 4.00. The topological polar surface area (TPSA) is 117 Å². The van der Waals surface area contributed by atoms with Gasteiger partial charge in [-0.05, 0) is 40.4 Å². The van der Waals surface area contributed by atoms with E-state index in [-0.39, 0.29) is 12.2 Å². The largest absolute Gasteiger partial charge is 0.462 e. The van der Waals surface area contributed by atoms with Gasteiger partial charge in [-0.25, -0.2) is 14.8 Å². The Balaban J connectivity index is 1.91. The van der Waals surface area contributed by atoms with E-state index in [4.69, 9.17) is 4.74 Å². The number of rotatable bonds is 6. The van der Waals surface area contributed by atoms with E-state index in [2.05, 4.69) is 20.3 Å². The number of nitrogens with one attached hydrogen (secondary N) is 2. The minimum Gasteiger partial charge on any atom is -0.462 e. The third-order valence-corrected chi connectivity index (χ3v) is 6.24. The summed E-state index contributed by atoms with van der Waals surface area (Å²) in [6, 6.07) is 0. The highest BCUT2D eigenvalue weighted by molar-refractivity contribution is 7.21. The molecular formula is C18H21N5O4S2. The SMILES string of the molecule is CCOC(=O)c1sc(NC(=O)c2sc3nc(CN(C)C)[nH]c(=O)c3c2C)nc1C. The highest BCUT2D eigenvalue weighted by Crippen LogP contribution is 2.29. The number of esters is 1. The van der Waals surface area contributed by atoms with Crippen molar-refractivity contribution >= 4 is 49.9 Å². The number of carbonyl (C=O) groups is 2. The van der Waals surface area contributed by atoms with E-state index in [0.717, 1.165) is 22.7 Å². The first-order valence-corrected chi connectivity index (χ1v) is 10.5. The predicted molar refractivity (Wildman–Crippen MR) is 113 cm³/mol. The first kappa shape index (κ1) is 21.1. The van der Waals surface area contributed by atoms with Crippen LogP contribution in [0.25, 0.3) is 10.2 Å². The van der Waals surface area contributed by atoms with E-state index in [1.165, 1.54) is 0 Å². The summed E-state index contributed by atoms with van der Waals surface area (Å²) in [5, 5.41) is 3.41. The van der Waals surface area contributed by atoms with Crippen molar-refractivity contribution < 1.29 is 14.3 Å². The minimum absolute atomic E-state index is 0.260. The smallest absolute Gasteiger partial charge is 0.350 e. The molecule has 0 saturated heterocycles. The Morgan fingerprint density at radius 2 is 1.90 bits per heavy atom. The Kier molecular flexibility index (Phi) is 6.10. The second-order valence-corrected chi connectivity index (χ2v) is 8.59. The van der Waals surface area contributed by atoms with Crippen molar-refractivity contribution in [2.45, 2.75) is 27.3 Å². The summed E-state index contributed by atoms with van der Waals surface area (Å²) in [5.74, 6) is -0.330. The lowest BCUT2D eigenvalue weighted by atomic mass is 10.2. The molecule has 11 heteroatoms. The van der Waals surface area contributed by atoms with E-state index in [9.17, 15) is 14.4 Å². The average molecular weight is 436 g/mol. The zero-order valence-electron chi connectivity index (χ0n) is 16.7. The summed E-state index contributed by atoms with van der Waals surface area (Å²) in [7, 11) is 3.76. The van der Waals surface area contributed by atoms with Gasteiger partial charge >= 0.3 is 5.97 Å². The molecule has 29 heavy (non-hydrogen) atoms. The number of hydrogen-bond acceptors (Lipinski definition) is 9. The number of amides is 1. The van der Waals surface area contributed by atoms with E-state index < -0.39 is 11.9 Å². The Bertz CT molecular complexity index is 1150. The number of H-pyrrole nitrogens is 1. The number of hydrogen-bond donors (Lipinski definition) is 2. The Labute approximate surface area is 174 Å². The van der Waals surface area contributed by atoms with Crippen LogP contribution < -0.4 is 10.9 Å². The van der Waals surface area contributed by atoms with Crippen molar-refractivity contribution in [2.75, 3.05) is 26.0 Å². The van der Waals surface area contributed by atoms with E-state index in [0.29, 0.717) is 48.7 Å². The summed E-state index contributed by atoms with van der Waals surface area (Å²) in [4.78, 5) is 51.8. The fourth-order valence-corrected chi connectivity index (χ4v) is 4.72. The number of carbonyl (C=O) groups excluding carboxylic acids is 2. The summed E-state index contributed by atoms with van der Waals surface area (Å²) in [6.45, 7) is 5.86. The van der Waals surface area contributed by atoms with Crippen LogP contribution in [0.4, 0.5) is 5.13 Å². The van der Waals surface area contributed by atoms with Crippen molar-refractivity contribution in [3.63, 3.8) is 0 Å². The lowest BCUT2D eigenvalue weighted by Gasteiger charge is -2.07. The van der Waals surface area contributed by atoms with Gasteiger partial charge in [-0.3, -0.25) is 14.9 Å². The number of fused-ring (bicyclic) bond motifs is 1. The molecule has 154 valence electrons. The first-order chi connectivity index (χ1) is 13.7. The molecule has 0 aliphatic heterocycles. The summed E-state index contributed by atoms with van der Waals surface area (Å²) >= 11 is 2.21. The number of aromatic nitrogens is 3. The molecule has 0 bridgehead atoms. The van der Waals surface area contributed by atoms with E-state index >= 15 is 0 Å². The normalized spacial score (nSPS) is 11.2. The van der Waals surface area contributed by atoms with Crippen molar-refractivity contribution in [3.8, 4) is 0 Å². The number of aryl methyl sites for hydroxylation is 2. The van der Waals surface area contributed by atoms with Gasteiger partial charge in [-0.2, -0.15) is 0 Å². The van der Waals surface area contributed by atoms with Gasteiger partial charge in [0.25, 0.3) is 11.5 Å². The van der Waals surface area contributed by atoms with Crippen LogP contribution in [0.5, 0.6) is 0 Å². The van der Waals surface area contributed by atoms with Gasteiger partial charge in [0.05, 0.1) is 29.1 Å². The minimum atomic E-state index is -0.467. The number of anilines is 1. The van der Waals surface area contributed by atoms with E-state index in [1.54, 1.807) is 20.8 Å². The predicted octanol–water partition coefficient (Wildman–Crippen LogP) is 2.55. The van der Waals surface area contributed by atoms with Crippen molar-refractivity contribution in [1.82, 2.24) is 19.9 Å². The highest BCUT2D eigenvalue weighted by Gasteiger charge is 2.22. The van der Waals surface area contributed by atoms with Gasteiger partial charge < -0.3 is 14.6 Å². The number of ether oxygens (including phenoxy) is 1. The van der Waals surface area contributed by atoms with Gasteiger partial charge in [-0.1, -0.05) is 11.3 Å².